The Hall–Kier alpha value is -1.09. The molecule has 0 spiro atoms. The summed E-state index contributed by atoms with van der Waals surface area (Å²) < 4.78 is 192. The van der Waals surface area contributed by atoms with E-state index in [4.69, 9.17) is 0 Å². The minimum Gasteiger partial charge on any atom is -0.192 e. The highest BCUT2D eigenvalue weighted by atomic mass is 19.4. The fraction of sp³-hybridized carbons (Fsp3) is 1.00. The Kier molecular flexibility index (Phi) is 7.53. The number of halogens is 15. The van der Waals surface area contributed by atoms with E-state index in [9.17, 15) is 65.9 Å². The predicted octanol–water partition coefficient (Wildman–Crippen LogP) is 7.77. The van der Waals surface area contributed by atoms with Crippen molar-refractivity contribution in [2.45, 2.75) is 93.7 Å². The van der Waals surface area contributed by atoms with Gasteiger partial charge in [0.05, 0.1) is 0 Å². The van der Waals surface area contributed by atoms with Gasteiger partial charge in [0.2, 0.25) is 0 Å². The highest BCUT2D eigenvalue weighted by molar-refractivity contribution is 5.08. The van der Waals surface area contributed by atoms with Crippen molar-refractivity contribution in [3.63, 3.8) is 0 Å². The van der Waals surface area contributed by atoms with Crippen LogP contribution < -0.4 is 0 Å². The largest absolute Gasteiger partial charge is 0.505 e. The van der Waals surface area contributed by atoms with Crippen LogP contribution in [-0.2, 0) is 0 Å². The lowest BCUT2D eigenvalue weighted by molar-refractivity contribution is -1.22. The van der Waals surface area contributed by atoms with Gasteiger partial charge in [0, 0.05) is 22.0 Å². The van der Waals surface area contributed by atoms with E-state index in [0.717, 1.165) is 0 Å². The summed E-state index contributed by atoms with van der Waals surface area (Å²) in [5, 5.41) is 0. The third-order valence-electron chi connectivity index (χ3n) is 4.90. The molecule has 1 unspecified atom stereocenters. The molecule has 0 N–H and O–H groups in total. The average Bonchev–Trinajstić information content (AvgIpc) is 2.60. The first-order valence-electron chi connectivity index (χ1n) is 8.81. The summed E-state index contributed by atoms with van der Waals surface area (Å²) in [4.78, 5) is 0. The van der Waals surface area contributed by atoms with E-state index in [2.05, 4.69) is 0 Å². The molecule has 1 aliphatic heterocycles. The van der Waals surface area contributed by atoms with E-state index in [-0.39, 0.29) is 32.1 Å². The van der Waals surface area contributed by atoms with Crippen LogP contribution in [-0.4, -0.2) is 47.0 Å². The van der Waals surface area contributed by atoms with Gasteiger partial charge in [-0.2, -0.15) is 43.9 Å². The van der Waals surface area contributed by atoms with Crippen LogP contribution in [0.25, 0.3) is 0 Å². The van der Waals surface area contributed by atoms with Gasteiger partial charge in [0.1, 0.15) is 0 Å². The highest BCUT2D eigenvalue weighted by Gasteiger charge is 3.05. The maximum atomic E-state index is 14.3. The van der Waals surface area contributed by atoms with Gasteiger partial charge in [-0.15, -0.1) is 17.6 Å². The molecule has 1 fully saturated rings. The van der Waals surface area contributed by atoms with Crippen molar-refractivity contribution in [3.8, 4) is 0 Å². The molecule has 1 atom stereocenters. The topological polar surface area (TPSA) is 0 Å². The average molecular weight is 496 g/mol. The number of likely N-dealkylation sites (tertiary alicyclic amines) is 1. The normalized spacial score (nSPS) is 26.4. The van der Waals surface area contributed by atoms with Gasteiger partial charge in [-0.05, 0) is 12.8 Å². The van der Waals surface area contributed by atoms with E-state index in [1.807, 2.05) is 0 Å². The Morgan fingerprint density at radius 3 is 1.32 bits per heavy atom. The second kappa shape index (κ2) is 8.36. The number of nitrogens with zero attached hydrogens (tertiary/aromatic N) is 1. The van der Waals surface area contributed by atoms with E-state index in [1.165, 1.54) is 0 Å². The number of quaternary nitrogens is 1. The number of hydrogen-bond acceptors (Lipinski definition) is 0. The van der Waals surface area contributed by atoms with Gasteiger partial charge in [0.15, 0.2) is 0 Å². The maximum Gasteiger partial charge on any atom is 0.505 e. The van der Waals surface area contributed by atoms with Crippen LogP contribution >= 0.6 is 0 Å². The van der Waals surface area contributed by atoms with Crippen molar-refractivity contribution in [2.24, 2.45) is 0 Å². The van der Waals surface area contributed by atoms with Crippen molar-refractivity contribution < 1.29 is 70.7 Å². The molecule has 0 bridgehead atoms. The molecule has 1 saturated heterocycles. The molecule has 1 heterocycles. The number of hydrogen-bond donors (Lipinski definition) is 0. The van der Waals surface area contributed by atoms with Crippen LogP contribution in [0.5, 0.6) is 0 Å². The Morgan fingerprint density at radius 1 is 0.581 bits per heavy atom. The number of alkyl halides is 14. The molecule has 0 aromatic rings. The highest BCUT2D eigenvalue weighted by Crippen LogP contribution is 2.69. The maximum absolute atomic E-state index is 14.3. The quantitative estimate of drug-likeness (QED) is 0.132. The second-order valence-corrected chi connectivity index (χ2v) is 7.15. The lowest BCUT2D eigenvalue weighted by atomic mass is 9.92. The first-order chi connectivity index (χ1) is 13.6. The Bertz CT molecular complexity index is 582. The second-order valence-electron chi connectivity index (χ2n) is 7.15. The lowest BCUT2D eigenvalue weighted by Gasteiger charge is -2.50. The summed E-state index contributed by atoms with van der Waals surface area (Å²) in [6.45, 7) is 0. The van der Waals surface area contributed by atoms with E-state index >= 15 is 0 Å². The standard InChI is InChI=1S/C15H17F15N/c16-9(7-5-3-1-2-4-6-8-10(17,18)19)31(30)14(26,27)12(22,23)11(20,21)13(24,25)15(31,28)29/h9H,1-8H2/q+1. The van der Waals surface area contributed by atoms with E-state index < -0.39 is 66.3 Å². The number of unbranched alkanes of at least 4 members (excludes halogenated alkanes) is 5. The van der Waals surface area contributed by atoms with Crippen molar-refractivity contribution in [1.82, 2.24) is 0 Å². The molecular formula is C15H17F15N+. The summed E-state index contributed by atoms with van der Waals surface area (Å²) in [6.07, 6.45) is -13.1. The molecule has 0 amide bonds. The minimum absolute atomic E-state index is 0.00530. The molecule has 0 aromatic carbocycles. The van der Waals surface area contributed by atoms with Gasteiger partial charge in [-0.1, -0.05) is 25.7 Å². The van der Waals surface area contributed by atoms with Crippen molar-refractivity contribution in [3.05, 3.63) is 0 Å². The van der Waals surface area contributed by atoms with E-state index in [0.29, 0.717) is 0 Å². The van der Waals surface area contributed by atoms with Crippen LogP contribution in [0, 0.1) is 0 Å². The number of rotatable bonds is 9. The van der Waals surface area contributed by atoms with Gasteiger partial charge < -0.3 is 0 Å². The smallest absolute Gasteiger partial charge is 0.192 e. The van der Waals surface area contributed by atoms with E-state index in [1.54, 1.807) is 0 Å². The number of piperidine rings is 1. The Morgan fingerprint density at radius 2 is 0.935 bits per heavy atom. The summed E-state index contributed by atoms with van der Waals surface area (Å²) in [5.74, 6) is -22.2. The summed E-state index contributed by atoms with van der Waals surface area (Å²) >= 11 is 0. The minimum atomic E-state index is -7.41. The zero-order valence-corrected chi connectivity index (χ0v) is 15.4. The van der Waals surface area contributed by atoms with Gasteiger partial charge in [0.25, 0.3) is 6.30 Å². The third-order valence-corrected chi connectivity index (χ3v) is 4.90. The van der Waals surface area contributed by atoms with Crippen LogP contribution in [0.15, 0.2) is 0 Å². The molecule has 1 rings (SSSR count). The molecule has 16 heteroatoms. The molecule has 1 nitrogen and oxygen atoms in total. The third kappa shape index (κ3) is 4.16. The van der Waals surface area contributed by atoms with Gasteiger partial charge >= 0.3 is 36.0 Å². The molecule has 0 saturated carbocycles. The van der Waals surface area contributed by atoms with Crippen LogP contribution in [0.3, 0.4) is 0 Å². The molecule has 1 aliphatic rings. The van der Waals surface area contributed by atoms with Crippen molar-refractivity contribution in [1.29, 1.82) is 0 Å². The van der Waals surface area contributed by atoms with Crippen LogP contribution in [0.1, 0.15) is 51.4 Å². The van der Waals surface area contributed by atoms with Crippen LogP contribution in [0.2, 0.25) is 0 Å². The Balaban J connectivity index is 2.87. The zero-order valence-electron chi connectivity index (χ0n) is 15.4. The molecule has 31 heavy (non-hydrogen) atoms. The van der Waals surface area contributed by atoms with Crippen molar-refractivity contribution in [2.75, 3.05) is 0 Å². The van der Waals surface area contributed by atoms with Crippen molar-refractivity contribution >= 4 is 0 Å². The molecule has 186 valence electrons. The summed E-state index contributed by atoms with van der Waals surface area (Å²) in [6, 6.07) is -14.5. The fourth-order valence-corrected chi connectivity index (χ4v) is 3.04. The molecular weight excluding hydrogens is 479 g/mol. The zero-order chi connectivity index (χ0) is 24.7. The van der Waals surface area contributed by atoms with Crippen LogP contribution in [0.4, 0.5) is 65.9 Å². The molecule has 0 aliphatic carbocycles. The van der Waals surface area contributed by atoms with Gasteiger partial charge in [-0.25, -0.2) is 0 Å². The predicted molar refractivity (Wildman–Crippen MR) is 74.0 cm³/mol. The molecule has 0 radical (unpaired) electrons. The summed E-state index contributed by atoms with van der Waals surface area (Å²) in [7, 11) is 0. The fourth-order valence-electron chi connectivity index (χ4n) is 3.04. The molecule has 0 aromatic heterocycles. The van der Waals surface area contributed by atoms with Gasteiger partial charge in [-0.3, -0.25) is 0 Å². The Labute approximate surface area is 165 Å². The lowest BCUT2D eigenvalue weighted by Crippen LogP contribution is -2.88. The summed E-state index contributed by atoms with van der Waals surface area (Å²) in [5.41, 5.74) is 0. The monoisotopic (exact) mass is 496 g/mol. The SMILES string of the molecule is FC(CCCCCCCCC(F)(F)F)[N+]1(F)C(F)(F)C(F)(F)C(F)(F)C(F)(F)C1(F)F. The first-order valence-corrected chi connectivity index (χ1v) is 8.81. The first kappa shape index (κ1) is 27.9.